The topological polar surface area (TPSA) is 17.8 Å². The summed E-state index contributed by atoms with van der Waals surface area (Å²) in [5.41, 5.74) is 4.58. The Kier molecular flexibility index (Phi) is 4.43. The minimum atomic E-state index is 0. The van der Waals surface area contributed by atoms with Crippen LogP contribution in [0.2, 0.25) is 0 Å². The molecule has 0 fully saturated rings. The van der Waals surface area contributed by atoms with Gasteiger partial charge in [0.05, 0.1) is 0 Å². The van der Waals surface area contributed by atoms with Crippen molar-refractivity contribution >= 4 is 27.9 Å². The van der Waals surface area contributed by atoms with Crippen LogP contribution >= 0.6 is 0 Å². The Labute approximate surface area is 162 Å². The van der Waals surface area contributed by atoms with Crippen LogP contribution in [0.3, 0.4) is 0 Å². The van der Waals surface area contributed by atoms with E-state index in [1.807, 2.05) is 30.6 Å². The molecule has 0 N–H and O–H groups in total. The molecule has 0 amide bonds. The van der Waals surface area contributed by atoms with Crippen LogP contribution in [0, 0.1) is 47.8 Å². The Balaban J connectivity index is 0.00000144. The van der Waals surface area contributed by atoms with Crippen LogP contribution in [0.15, 0.2) is 67.5 Å². The largest absolute Gasteiger partial charge is 0.334 e. The van der Waals surface area contributed by atoms with Crippen molar-refractivity contribution in [3.05, 3.63) is 79.1 Å². The van der Waals surface area contributed by atoms with Gasteiger partial charge in [0, 0.05) is 65.3 Å². The zero-order valence-electron chi connectivity index (χ0n) is 12.0. The van der Waals surface area contributed by atoms with E-state index in [1.165, 1.54) is 10.9 Å². The van der Waals surface area contributed by atoms with E-state index in [0.717, 1.165) is 22.2 Å². The van der Waals surface area contributed by atoms with Crippen LogP contribution in [0.5, 0.6) is 0 Å². The fourth-order valence-electron chi connectivity index (χ4n) is 2.79. The molecule has 3 heteroatoms. The molecule has 0 aliphatic rings. The third kappa shape index (κ3) is 2.41. The smallest absolute Gasteiger partial charge is 0.0438 e. The van der Waals surface area contributed by atoms with Crippen molar-refractivity contribution in [3.63, 3.8) is 0 Å². The molecular formula is C19H13CeN2-. The van der Waals surface area contributed by atoms with Gasteiger partial charge in [-0.25, -0.2) is 0 Å². The van der Waals surface area contributed by atoms with E-state index in [9.17, 15) is 0 Å². The molecule has 2 nitrogen and oxygen atoms in total. The maximum Gasteiger partial charge on any atom is 0.0438 e. The van der Waals surface area contributed by atoms with Crippen LogP contribution in [0.25, 0.3) is 33.6 Å². The number of fused-ring (bicyclic) bond motifs is 3. The van der Waals surface area contributed by atoms with E-state index < -0.39 is 0 Å². The van der Waals surface area contributed by atoms with E-state index in [4.69, 9.17) is 0 Å². The summed E-state index contributed by atoms with van der Waals surface area (Å²) in [6, 6.07) is 19.7. The van der Waals surface area contributed by atoms with Gasteiger partial charge in [0.1, 0.15) is 0 Å². The molecule has 4 rings (SSSR count). The number of rotatable bonds is 2. The molecule has 0 radical (unpaired) electrons. The van der Waals surface area contributed by atoms with Gasteiger partial charge in [-0.1, -0.05) is 30.3 Å². The summed E-state index contributed by atoms with van der Waals surface area (Å²) in [6.07, 6.45) is 5.61. The Bertz CT molecular complexity index is 899. The van der Waals surface area contributed by atoms with Crippen molar-refractivity contribution in [2.24, 2.45) is 0 Å². The summed E-state index contributed by atoms with van der Waals surface area (Å²) in [5.74, 6) is 0. The molecule has 4 aromatic rings. The summed E-state index contributed by atoms with van der Waals surface area (Å²) >= 11 is 0. The first kappa shape index (κ1) is 15.4. The molecule has 2 aromatic heterocycles. The van der Waals surface area contributed by atoms with Crippen molar-refractivity contribution in [1.29, 1.82) is 0 Å². The zero-order chi connectivity index (χ0) is 14.2. The van der Waals surface area contributed by atoms with E-state index in [1.54, 1.807) is 0 Å². The zero-order valence-corrected chi connectivity index (χ0v) is 15.1. The second-order valence-electron chi connectivity index (χ2n) is 4.97. The van der Waals surface area contributed by atoms with E-state index in [2.05, 4.69) is 58.6 Å². The molecular weight excluding hydrogens is 396 g/mol. The number of nitrogens with zero attached hydrogens (tertiary/aromatic N) is 2. The van der Waals surface area contributed by atoms with Crippen LogP contribution in [-0.4, -0.2) is 9.55 Å². The molecule has 22 heavy (non-hydrogen) atoms. The Morgan fingerprint density at radius 3 is 2.55 bits per heavy atom. The molecule has 0 unspecified atom stereocenters. The van der Waals surface area contributed by atoms with Crippen LogP contribution < -0.4 is 0 Å². The molecule has 2 heterocycles. The standard InChI is InChI=1S/C19H13N2.Ce/c1-2-14-7-9-15(10-8-14)21-18-6-4-3-5-16(18)17-13-20-12-11-19(17)21;/h2,4-13H,1H2;/q-1;. The molecule has 0 atom stereocenters. The maximum atomic E-state index is 4.26. The number of aromatic nitrogens is 2. The molecule has 0 aliphatic carbocycles. The first-order chi connectivity index (χ1) is 10.4. The number of benzene rings is 2. The molecule has 0 bridgehead atoms. The molecule has 0 saturated heterocycles. The summed E-state index contributed by atoms with van der Waals surface area (Å²) in [6.45, 7) is 3.80. The van der Waals surface area contributed by atoms with Gasteiger partial charge in [0.2, 0.25) is 0 Å². The average Bonchev–Trinajstić information content (AvgIpc) is 2.90. The van der Waals surface area contributed by atoms with Crippen molar-refractivity contribution < 1.29 is 41.7 Å². The quantitative estimate of drug-likeness (QED) is 0.442. The second kappa shape index (κ2) is 6.32. The molecule has 2 aromatic carbocycles. The molecule has 104 valence electrons. The summed E-state index contributed by atoms with van der Waals surface area (Å²) in [5, 5.41) is 2.32. The minimum Gasteiger partial charge on any atom is -0.334 e. The third-order valence-corrected chi connectivity index (χ3v) is 3.80. The number of hydrogen-bond acceptors (Lipinski definition) is 1. The number of hydrogen-bond donors (Lipinski definition) is 0. The third-order valence-electron chi connectivity index (χ3n) is 3.80. The van der Waals surface area contributed by atoms with Crippen molar-refractivity contribution in [3.8, 4) is 5.69 Å². The predicted octanol–water partition coefficient (Wildman–Crippen LogP) is 4.62. The monoisotopic (exact) mass is 409 g/mol. The van der Waals surface area contributed by atoms with Crippen molar-refractivity contribution in [1.82, 2.24) is 9.55 Å². The van der Waals surface area contributed by atoms with Crippen molar-refractivity contribution in [2.45, 2.75) is 0 Å². The number of pyridine rings is 1. The summed E-state index contributed by atoms with van der Waals surface area (Å²) in [4.78, 5) is 4.26. The van der Waals surface area contributed by atoms with Crippen molar-refractivity contribution in [2.75, 3.05) is 0 Å². The van der Waals surface area contributed by atoms with Gasteiger partial charge < -0.3 is 4.57 Å². The normalized spacial score (nSPS) is 10.5. The Hall–Kier alpha value is -1.49. The second-order valence-corrected chi connectivity index (χ2v) is 4.97. The Morgan fingerprint density at radius 2 is 1.77 bits per heavy atom. The van der Waals surface area contributed by atoms with E-state index in [-0.39, 0.29) is 41.7 Å². The van der Waals surface area contributed by atoms with Gasteiger partial charge in [0.15, 0.2) is 0 Å². The fraction of sp³-hybridized carbons (Fsp3) is 0. The molecule has 0 spiro atoms. The van der Waals surface area contributed by atoms with Gasteiger partial charge in [-0.2, -0.15) is 18.2 Å². The average molecular weight is 409 g/mol. The van der Waals surface area contributed by atoms with Gasteiger partial charge in [-0.3, -0.25) is 4.98 Å². The fourth-order valence-corrected chi connectivity index (χ4v) is 2.79. The molecule has 0 saturated carbocycles. The van der Waals surface area contributed by atoms with Gasteiger partial charge in [-0.05, 0) is 29.1 Å². The van der Waals surface area contributed by atoms with Crippen LogP contribution in [-0.2, 0) is 0 Å². The summed E-state index contributed by atoms with van der Waals surface area (Å²) in [7, 11) is 0. The van der Waals surface area contributed by atoms with Gasteiger partial charge >= 0.3 is 0 Å². The van der Waals surface area contributed by atoms with Gasteiger partial charge in [0.25, 0.3) is 0 Å². The first-order valence-electron chi connectivity index (χ1n) is 6.85. The summed E-state index contributed by atoms with van der Waals surface area (Å²) < 4.78 is 2.26. The molecule has 0 aliphatic heterocycles. The maximum absolute atomic E-state index is 4.26. The first-order valence-corrected chi connectivity index (χ1v) is 6.85. The SMILES string of the molecule is C=Cc1ccc(-n2c3cc[c-]cc3c3cnccc32)cc1.[Ce]. The van der Waals surface area contributed by atoms with Crippen LogP contribution in [0.4, 0.5) is 0 Å². The predicted molar refractivity (Wildman–Crippen MR) is 87.5 cm³/mol. The Morgan fingerprint density at radius 1 is 1.00 bits per heavy atom. The minimum absolute atomic E-state index is 0. The van der Waals surface area contributed by atoms with Gasteiger partial charge in [-0.15, -0.1) is 11.5 Å². The van der Waals surface area contributed by atoms with E-state index >= 15 is 0 Å². The van der Waals surface area contributed by atoms with Crippen LogP contribution in [0.1, 0.15) is 5.56 Å². The van der Waals surface area contributed by atoms with E-state index in [0.29, 0.717) is 0 Å².